The Hall–Kier alpha value is 0.200. The molecular weight excluding hydrogens is 265 g/mol. The van der Waals surface area contributed by atoms with E-state index in [0.717, 1.165) is 22.7 Å². The van der Waals surface area contributed by atoms with E-state index in [1.165, 1.54) is 11.3 Å². The van der Waals surface area contributed by atoms with E-state index in [9.17, 15) is 5.11 Å². The summed E-state index contributed by atoms with van der Waals surface area (Å²) in [5.74, 6) is 0.501. The molecule has 0 amide bonds. The second-order valence-corrected chi connectivity index (χ2v) is 6.60. The molecule has 0 radical (unpaired) electrons. The minimum absolute atomic E-state index is 0.129. The molecule has 1 aromatic heterocycles. The molecule has 0 spiro atoms. The van der Waals surface area contributed by atoms with Crippen LogP contribution in [0, 0.1) is 5.92 Å². The zero-order valence-corrected chi connectivity index (χ0v) is 11.4. The maximum atomic E-state index is 9.74. The Morgan fingerprint density at radius 1 is 1.56 bits per heavy atom. The quantitative estimate of drug-likeness (QED) is 0.865. The molecule has 2 atom stereocenters. The smallest absolute Gasteiger partial charge is 0.0991 e. The Kier molecular flexibility index (Phi) is 4.14. The minimum atomic E-state index is -0.227. The third kappa shape index (κ3) is 3.11. The number of hydrogen-bond acceptors (Lipinski definition) is 3. The van der Waals surface area contributed by atoms with E-state index < -0.39 is 0 Å². The van der Waals surface area contributed by atoms with Crippen molar-refractivity contribution in [1.29, 1.82) is 0 Å². The second-order valence-electron chi connectivity index (χ2n) is 4.31. The van der Waals surface area contributed by atoms with Gasteiger partial charge in [0.25, 0.3) is 0 Å². The normalized spacial score (nSPS) is 19.8. The van der Waals surface area contributed by atoms with Crippen molar-refractivity contribution >= 4 is 34.5 Å². The molecule has 1 fully saturated rings. The first-order chi connectivity index (χ1) is 7.58. The lowest BCUT2D eigenvalue weighted by molar-refractivity contribution is 0.145. The van der Waals surface area contributed by atoms with Gasteiger partial charge in [-0.2, -0.15) is 0 Å². The van der Waals surface area contributed by atoms with Gasteiger partial charge in [-0.1, -0.05) is 23.2 Å². The van der Waals surface area contributed by atoms with Crippen LogP contribution in [-0.4, -0.2) is 17.8 Å². The van der Waals surface area contributed by atoms with Crippen molar-refractivity contribution in [2.75, 3.05) is 6.54 Å². The van der Waals surface area contributed by atoms with Crippen LogP contribution >= 0.6 is 34.5 Å². The standard InChI is InChI=1S/C11H15Cl2NOS/c1-6(8-4-10(12)16-11(8)13)14-5-9(15)7-2-3-7/h4,6-7,9,14-15H,2-3,5H2,1H3. The van der Waals surface area contributed by atoms with Gasteiger partial charge in [-0.15, -0.1) is 11.3 Å². The van der Waals surface area contributed by atoms with Crippen LogP contribution in [0.3, 0.4) is 0 Å². The van der Waals surface area contributed by atoms with Gasteiger partial charge in [-0.05, 0) is 37.3 Å². The maximum Gasteiger partial charge on any atom is 0.0991 e. The van der Waals surface area contributed by atoms with E-state index in [-0.39, 0.29) is 12.1 Å². The van der Waals surface area contributed by atoms with Crippen molar-refractivity contribution in [3.05, 3.63) is 20.3 Å². The number of hydrogen-bond donors (Lipinski definition) is 2. The fourth-order valence-corrected chi connectivity index (χ4v) is 3.35. The predicted octanol–water partition coefficient (Wildman–Crippen LogP) is 3.48. The summed E-state index contributed by atoms with van der Waals surface area (Å²) in [6, 6.07) is 2.01. The maximum absolute atomic E-state index is 9.74. The number of rotatable bonds is 5. The van der Waals surface area contributed by atoms with Crippen LogP contribution in [0.1, 0.15) is 31.4 Å². The monoisotopic (exact) mass is 279 g/mol. The number of aliphatic hydroxyl groups excluding tert-OH is 1. The molecule has 1 aromatic rings. The molecule has 2 nitrogen and oxygen atoms in total. The topological polar surface area (TPSA) is 32.3 Å². The summed E-state index contributed by atoms with van der Waals surface area (Å²) in [5, 5.41) is 13.0. The zero-order valence-electron chi connectivity index (χ0n) is 9.04. The first kappa shape index (κ1) is 12.7. The summed E-state index contributed by atoms with van der Waals surface area (Å²) >= 11 is 13.3. The van der Waals surface area contributed by atoms with E-state index in [2.05, 4.69) is 5.32 Å². The second kappa shape index (κ2) is 5.23. The van der Waals surface area contributed by atoms with Crippen molar-refractivity contribution in [2.45, 2.75) is 31.9 Å². The highest BCUT2D eigenvalue weighted by atomic mass is 35.5. The van der Waals surface area contributed by atoms with Gasteiger partial charge >= 0.3 is 0 Å². The highest BCUT2D eigenvalue weighted by Gasteiger charge is 2.29. The molecule has 2 rings (SSSR count). The van der Waals surface area contributed by atoms with Gasteiger partial charge in [-0.25, -0.2) is 0 Å². The first-order valence-electron chi connectivity index (χ1n) is 5.44. The van der Waals surface area contributed by atoms with Crippen molar-refractivity contribution in [2.24, 2.45) is 5.92 Å². The molecular formula is C11H15Cl2NOS. The largest absolute Gasteiger partial charge is 0.392 e. The molecule has 1 heterocycles. The van der Waals surface area contributed by atoms with Gasteiger partial charge in [0.2, 0.25) is 0 Å². The van der Waals surface area contributed by atoms with Crippen LogP contribution in [0.15, 0.2) is 6.07 Å². The van der Waals surface area contributed by atoms with Crippen molar-refractivity contribution in [1.82, 2.24) is 5.32 Å². The fourth-order valence-electron chi connectivity index (χ4n) is 1.70. The average molecular weight is 280 g/mol. The summed E-state index contributed by atoms with van der Waals surface area (Å²) in [6.45, 7) is 2.65. The van der Waals surface area contributed by atoms with Crippen LogP contribution in [-0.2, 0) is 0 Å². The Bertz CT molecular complexity index is 365. The molecule has 2 N–H and O–H groups in total. The third-order valence-electron chi connectivity index (χ3n) is 2.95. The van der Waals surface area contributed by atoms with E-state index in [4.69, 9.17) is 23.2 Å². The molecule has 0 aromatic carbocycles. The van der Waals surface area contributed by atoms with Crippen LogP contribution in [0.25, 0.3) is 0 Å². The van der Waals surface area contributed by atoms with Gasteiger partial charge < -0.3 is 10.4 Å². The van der Waals surface area contributed by atoms with E-state index in [0.29, 0.717) is 16.8 Å². The molecule has 1 saturated carbocycles. The van der Waals surface area contributed by atoms with E-state index in [1.807, 2.05) is 13.0 Å². The summed E-state index contributed by atoms with van der Waals surface area (Å²) in [6.07, 6.45) is 2.08. The minimum Gasteiger partial charge on any atom is -0.392 e. The van der Waals surface area contributed by atoms with Crippen LogP contribution in [0.5, 0.6) is 0 Å². The van der Waals surface area contributed by atoms with Gasteiger partial charge in [0.15, 0.2) is 0 Å². The van der Waals surface area contributed by atoms with E-state index in [1.54, 1.807) is 0 Å². The summed E-state index contributed by atoms with van der Waals surface area (Å²) < 4.78 is 1.43. The Morgan fingerprint density at radius 2 is 2.25 bits per heavy atom. The molecule has 5 heteroatoms. The zero-order chi connectivity index (χ0) is 11.7. The lowest BCUT2D eigenvalue weighted by Crippen LogP contribution is -2.30. The lowest BCUT2D eigenvalue weighted by Gasteiger charge is -2.16. The molecule has 1 aliphatic rings. The van der Waals surface area contributed by atoms with Crippen LogP contribution in [0.4, 0.5) is 0 Å². The molecule has 2 unspecified atom stereocenters. The highest BCUT2D eigenvalue weighted by Crippen LogP contribution is 2.35. The Labute approximate surface area is 110 Å². The van der Waals surface area contributed by atoms with Gasteiger partial charge in [0.1, 0.15) is 0 Å². The molecule has 90 valence electrons. The highest BCUT2D eigenvalue weighted by molar-refractivity contribution is 7.20. The van der Waals surface area contributed by atoms with Gasteiger partial charge in [0.05, 0.1) is 14.8 Å². The van der Waals surface area contributed by atoms with Crippen LogP contribution < -0.4 is 5.32 Å². The molecule has 0 bridgehead atoms. The number of thiophene rings is 1. The van der Waals surface area contributed by atoms with Crippen molar-refractivity contribution in [3.8, 4) is 0 Å². The number of nitrogens with one attached hydrogen (secondary N) is 1. The Balaban J connectivity index is 1.87. The van der Waals surface area contributed by atoms with Crippen molar-refractivity contribution < 1.29 is 5.11 Å². The third-order valence-corrected chi connectivity index (χ3v) is 4.47. The lowest BCUT2D eigenvalue weighted by atomic mass is 10.1. The summed E-state index contributed by atoms with van der Waals surface area (Å²) in [4.78, 5) is 0. The first-order valence-corrected chi connectivity index (χ1v) is 7.01. The summed E-state index contributed by atoms with van der Waals surface area (Å²) in [7, 11) is 0. The Morgan fingerprint density at radius 3 is 2.75 bits per heavy atom. The molecule has 0 saturated heterocycles. The predicted molar refractivity (Wildman–Crippen MR) is 69.5 cm³/mol. The fraction of sp³-hybridized carbons (Fsp3) is 0.636. The van der Waals surface area contributed by atoms with Crippen molar-refractivity contribution in [3.63, 3.8) is 0 Å². The average Bonchev–Trinajstić information content (AvgIpc) is 3.01. The van der Waals surface area contributed by atoms with Gasteiger partial charge in [-0.3, -0.25) is 0 Å². The number of aliphatic hydroxyl groups is 1. The number of halogens is 2. The molecule has 16 heavy (non-hydrogen) atoms. The van der Waals surface area contributed by atoms with Gasteiger partial charge in [0, 0.05) is 12.6 Å². The molecule has 0 aliphatic heterocycles. The summed E-state index contributed by atoms with van der Waals surface area (Å²) in [5.41, 5.74) is 1.01. The van der Waals surface area contributed by atoms with E-state index >= 15 is 0 Å². The molecule has 1 aliphatic carbocycles. The SMILES string of the molecule is CC(NCC(O)C1CC1)c1cc(Cl)sc1Cl. The van der Waals surface area contributed by atoms with Crippen LogP contribution in [0.2, 0.25) is 8.67 Å².